The molecule has 0 aliphatic carbocycles. The van der Waals surface area contributed by atoms with Crippen LogP contribution in [-0.4, -0.2) is 19.8 Å². The van der Waals surface area contributed by atoms with E-state index in [9.17, 15) is 5.11 Å². The minimum atomic E-state index is -1.34. The van der Waals surface area contributed by atoms with Gasteiger partial charge in [0, 0.05) is 6.61 Å². The number of hydrogen-bond donors (Lipinski definition) is 1. The van der Waals surface area contributed by atoms with E-state index in [0.717, 1.165) is 12.0 Å². The van der Waals surface area contributed by atoms with Crippen LogP contribution in [0.1, 0.15) is 32.6 Å². The fourth-order valence-electron chi connectivity index (χ4n) is 3.49. The quantitative estimate of drug-likeness (QED) is 0.811. The van der Waals surface area contributed by atoms with Crippen LogP contribution in [0.4, 0.5) is 0 Å². The molecule has 0 spiro atoms. The average molecular weight is 248 g/mol. The lowest BCUT2D eigenvalue weighted by atomic mass is 10.3. The number of aliphatic hydroxyl groups excluding tert-OH is 1. The molecule has 1 aliphatic heterocycles. The molecule has 2 rings (SSSR count). The van der Waals surface area contributed by atoms with Crippen molar-refractivity contribution in [2.24, 2.45) is 0 Å². The molecule has 1 aliphatic rings. The van der Waals surface area contributed by atoms with E-state index in [1.807, 2.05) is 0 Å². The molecule has 1 aromatic carbocycles. The largest absolute Gasteiger partial charge is 0.396 e. The normalized spacial score (nSPS) is 21.1. The van der Waals surface area contributed by atoms with Crippen molar-refractivity contribution in [2.45, 2.75) is 50.2 Å². The van der Waals surface area contributed by atoms with E-state index < -0.39 is 8.07 Å². The first kappa shape index (κ1) is 12.8. The van der Waals surface area contributed by atoms with E-state index in [-0.39, 0.29) is 0 Å². The summed E-state index contributed by atoms with van der Waals surface area (Å²) in [6, 6.07) is 14.0. The second-order valence-electron chi connectivity index (χ2n) is 5.50. The highest BCUT2D eigenvalue weighted by molar-refractivity contribution is 6.93. The van der Waals surface area contributed by atoms with Crippen molar-refractivity contribution >= 4 is 13.3 Å². The molecule has 94 valence electrons. The zero-order valence-corrected chi connectivity index (χ0v) is 11.9. The monoisotopic (exact) mass is 248 g/mol. The summed E-state index contributed by atoms with van der Waals surface area (Å²) in [7, 11) is -1.34. The summed E-state index contributed by atoms with van der Waals surface area (Å²) in [6.45, 7) is 2.73. The standard InChI is InChI=1S/C15H24OSi/c1-14(10-11-16)17(12-6-3-7-13-17)15-8-4-2-5-9-15/h2,4-5,8-9,14,16H,3,6-7,10-13H2,1H3. The van der Waals surface area contributed by atoms with Gasteiger partial charge in [0.25, 0.3) is 0 Å². The SMILES string of the molecule is CC(CCO)[Si]1(c2ccccc2)CCCCC1. The van der Waals surface area contributed by atoms with Crippen LogP contribution in [0.5, 0.6) is 0 Å². The summed E-state index contributed by atoms with van der Waals surface area (Å²) < 4.78 is 0. The molecule has 0 amide bonds. The fourth-order valence-corrected chi connectivity index (χ4v) is 9.17. The summed E-state index contributed by atoms with van der Waals surface area (Å²) in [5, 5.41) is 10.9. The van der Waals surface area contributed by atoms with Crippen molar-refractivity contribution in [1.29, 1.82) is 0 Å². The van der Waals surface area contributed by atoms with E-state index in [1.165, 1.54) is 31.4 Å². The third-order valence-corrected chi connectivity index (χ3v) is 10.7. The van der Waals surface area contributed by atoms with Gasteiger partial charge < -0.3 is 5.11 Å². The van der Waals surface area contributed by atoms with Gasteiger partial charge in [-0.05, 0) is 12.0 Å². The summed E-state index contributed by atoms with van der Waals surface area (Å²) in [5.74, 6) is 0. The molecule has 1 atom stereocenters. The number of rotatable bonds is 4. The Morgan fingerprint density at radius 3 is 2.35 bits per heavy atom. The third kappa shape index (κ3) is 2.63. The summed E-state index contributed by atoms with van der Waals surface area (Å²) in [5.41, 5.74) is 0.718. The number of benzene rings is 1. The number of hydrogen-bond acceptors (Lipinski definition) is 1. The van der Waals surface area contributed by atoms with Crippen molar-refractivity contribution in [2.75, 3.05) is 6.61 Å². The van der Waals surface area contributed by atoms with Gasteiger partial charge in [0.15, 0.2) is 0 Å². The second kappa shape index (κ2) is 5.83. The molecule has 1 aromatic rings. The zero-order chi connectivity index (χ0) is 12.1. The molecule has 1 N–H and O–H groups in total. The fraction of sp³-hybridized carbons (Fsp3) is 0.600. The lowest BCUT2D eigenvalue weighted by Gasteiger charge is -2.41. The predicted molar refractivity (Wildman–Crippen MR) is 76.4 cm³/mol. The van der Waals surface area contributed by atoms with Crippen LogP contribution >= 0.6 is 0 Å². The second-order valence-corrected chi connectivity index (χ2v) is 10.4. The van der Waals surface area contributed by atoms with Crippen molar-refractivity contribution in [3.8, 4) is 0 Å². The van der Waals surface area contributed by atoms with Crippen LogP contribution in [0.3, 0.4) is 0 Å². The van der Waals surface area contributed by atoms with Crippen LogP contribution in [0.15, 0.2) is 30.3 Å². The Kier molecular flexibility index (Phi) is 4.40. The molecule has 1 nitrogen and oxygen atoms in total. The minimum Gasteiger partial charge on any atom is -0.396 e. The van der Waals surface area contributed by atoms with Gasteiger partial charge in [0.1, 0.15) is 0 Å². The first-order chi connectivity index (χ1) is 8.29. The third-order valence-electron chi connectivity index (χ3n) is 4.60. The molecule has 17 heavy (non-hydrogen) atoms. The number of aliphatic hydroxyl groups is 1. The topological polar surface area (TPSA) is 20.2 Å². The molecule has 1 saturated heterocycles. The molecular weight excluding hydrogens is 224 g/mol. The highest BCUT2D eigenvalue weighted by Crippen LogP contribution is 2.38. The Bertz CT molecular complexity index is 330. The van der Waals surface area contributed by atoms with E-state index in [4.69, 9.17) is 0 Å². The Hall–Kier alpha value is -0.603. The maximum absolute atomic E-state index is 9.25. The molecule has 0 saturated carbocycles. The summed E-state index contributed by atoms with van der Waals surface area (Å²) in [6.07, 6.45) is 5.20. The van der Waals surface area contributed by atoms with Gasteiger partial charge >= 0.3 is 0 Å². The highest BCUT2D eigenvalue weighted by atomic mass is 28.3. The van der Waals surface area contributed by atoms with Gasteiger partial charge in [-0.1, -0.05) is 73.8 Å². The van der Waals surface area contributed by atoms with Gasteiger partial charge in [-0.25, -0.2) is 0 Å². The molecular formula is C15H24OSi. The molecule has 0 bridgehead atoms. The van der Waals surface area contributed by atoms with Crippen LogP contribution in [0.25, 0.3) is 0 Å². The maximum Gasteiger partial charge on any atom is 0.0895 e. The van der Waals surface area contributed by atoms with Crippen molar-refractivity contribution < 1.29 is 5.11 Å². The lowest BCUT2D eigenvalue weighted by Crippen LogP contribution is -2.52. The Labute approximate surface area is 106 Å². The molecule has 1 heterocycles. The van der Waals surface area contributed by atoms with Crippen molar-refractivity contribution in [1.82, 2.24) is 0 Å². The van der Waals surface area contributed by atoms with Gasteiger partial charge in [0.2, 0.25) is 0 Å². The van der Waals surface area contributed by atoms with E-state index in [2.05, 4.69) is 37.3 Å². The van der Waals surface area contributed by atoms with Crippen molar-refractivity contribution in [3.63, 3.8) is 0 Å². The molecule has 0 radical (unpaired) electrons. The highest BCUT2D eigenvalue weighted by Gasteiger charge is 2.40. The lowest BCUT2D eigenvalue weighted by molar-refractivity contribution is 0.285. The smallest absolute Gasteiger partial charge is 0.0895 e. The van der Waals surface area contributed by atoms with Crippen LogP contribution in [-0.2, 0) is 0 Å². The Balaban J connectivity index is 2.29. The predicted octanol–water partition coefficient (Wildman–Crippen LogP) is 3.30. The maximum atomic E-state index is 9.25. The Morgan fingerprint density at radius 2 is 1.76 bits per heavy atom. The van der Waals surface area contributed by atoms with Crippen LogP contribution in [0.2, 0.25) is 17.6 Å². The van der Waals surface area contributed by atoms with Crippen LogP contribution in [0, 0.1) is 0 Å². The van der Waals surface area contributed by atoms with Gasteiger partial charge in [0.05, 0.1) is 8.07 Å². The Morgan fingerprint density at radius 1 is 1.12 bits per heavy atom. The summed E-state index contributed by atoms with van der Waals surface area (Å²) >= 11 is 0. The first-order valence-electron chi connectivity index (χ1n) is 6.96. The first-order valence-corrected chi connectivity index (χ1v) is 9.45. The zero-order valence-electron chi connectivity index (χ0n) is 10.9. The summed E-state index contributed by atoms with van der Waals surface area (Å²) in [4.78, 5) is 0. The molecule has 1 unspecified atom stereocenters. The van der Waals surface area contributed by atoms with Gasteiger partial charge in [-0.15, -0.1) is 0 Å². The molecule has 0 aromatic heterocycles. The van der Waals surface area contributed by atoms with Gasteiger partial charge in [-0.3, -0.25) is 0 Å². The van der Waals surface area contributed by atoms with E-state index >= 15 is 0 Å². The van der Waals surface area contributed by atoms with E-state index in [1.54, 1.807) is 5.19 Å². The van der Waals surface area contributed by atoms with Crippen LogP contribution < -0.4 is 5.19 Å². The molecule has 2 heteroatoms. The minimum absolute atomic E-state index is 0.350. The average Bonchev–Trinajstić information content (AvgIpc) is 2.41. The molecule has 1 fully saturated rings. The van der Waals surface area contributed by atoms with E-state index in [0.29, 0.717) is 6.61 Å². The van der Waals surface area contributed by atoms with Crippen molar-refractivity contribution in [3.05, 3.63) is 30.3 Å². The van der Waals surface area contributed by atoms with Gasteiger partial charge in [-0.2, -0.15) is 0 Å².